The average molecular weight is 352 g/mol. The van der Waals surface area contributed by atoms with Crippen molar-refractivity contribution in [1.82, 2.24) is 9.55 Å². The minimum Gasteiger partial charge on any atom is -0.330 e. The first-order valence-corrected chi connectivity index (χ1v) is 8.47. The summed E-state index contributed by atoms with van der Waals surface area (Å²) in [5.41, 5.74) is 3.40. The summed E-state index contributed by atoms with van der Waals surface area (Å²) in [6, 6.07) is 21.6. The topological polar surface area (TPSA) is 70.7 Å². The highest BCUT2D eigenvalue weighted by molar-refractivity contribution is 6.04. The molecular weight excluding hydrogens is 336 g/mol. The second kappa shape index (κ2) is 6.77. The molecule has 1 aromatic heterocycles. The number of hydrogen-bond acceptors (Lipinski definition) is 3. The Balaban J connectivity index is 1.79. The van der Waals surface area contributed by atoms with Crippen molar-refractivity contribution in [3.63, 3.8) is 0 Å². The van der Waals surface area contributed by atoms with Gasteiger partial charge in [-0.25, -0.2) is 4.98 Å². The van der Waals surface area contributed by atoms with Crippen LogP contribution < -0.4 is 5.32 Å². The minimum absolute atomic E-state index is 0.247. The van der Waals surface area contributed by atoms with Crippen molar-refractivity contribution in [2.45, 2.75) is 0 Å². The largest absolute Gasteiger partial charge is 0.330 e. The highest BCUT2D eigenvalue weighted by Gasteiger charge is 2.13. The van der Waals surface area contributed by atoms with Crippen molar-refractivity contribution in [3.8, 4) is 17.2 Å². The van der Waals surface area contributed by atoms with Gasteiger partial charge in [0.05, 0.1) is 24.2 Å². The molecule has 1 amide bonds. The fourth-order valence-corrected chi connectivity index (χ4v) is 3.17. The molecular formula is C22H16N4O. The summed E-state index contributed by atoms with van der Waals surface area (Å²) in [7, 11) is 1.77. The molecule has 5 heteroatoms. The Kier molecular flexibility index (Phi) is 4.15. The minimum atomic E-state index is -0.247. The third-order valence-corrected chi connectivity index (χ3v) is 4.53. The van der Waals surface area contributed by atoms with Crippen molar-refractivity contribution >= 4 is 22.4 Å². The Morgan fingerprint density at radius 3 is 2.67 bits per heavy atom. The zero-order valence-electron chi connectivity index (χ0n) is 14.7. The number of carbonyl (C=O) groups is 1. The zero-order chi connectivity index (χ0) is 18.8. The van der Waals surface area contributed by atoms with Crippen molar-refractivity contribution in [2.24, 2.45) is 7.05 Å². The molecule has 0 bridgehead atoms. The van der Waals surface area contributed by atoms with E-state index in [2.05, 4.69) is 16.4 Å². The Morgan fingerprint density at radius 2 is 1.89 bits per heavy atom. The van der Waals surface area contributed by atoms with Crippen LogP contribution in [0, 0.1) is 11.3 Å². The van der Waals surface area contributed by atoms with Crippen LogP contribution in [0.4, 0.5) is 5.69 Å². The zero-order valence-corrected chi connectivity index (χ0v) is 14.7. The lowest BCUT2D eigenvalue weighted by molar-refractivity contribution is 0.101. The van der Waals surface area contributed by atoms with Gasteiger partial charge in [-0.05, 0) is 34.5 Å². The van der Waals surface area contributed by atoms with Crippen molar-refractivity contribution in [3.05, 3.63) is 84.4 Å². The molecule has 1 N–H and O–H groups in total. The average Bonchev–Trinajstić information content (AvgIpc) is 3.13. The predicted octanol–water partition coefficient (Wildman–Crippen LogP) is 4.36. The monoisotopic (exact) mass is 352 g/mol. The first-order valence-electron chi connectivity index (χ1n) is 8.47. The van der Waals surface area contributed by atoms with Crippen LogP contribution in [0.1, 0.15) is 16.1 Å². The third-order valence-electron chi connectivity index (χ3n) is 4.53. The summed E-state index contributed by atoms with van der Waals surface area (Å²) in [6.07, 6.45) is 3.10. The molecule has 0 aliphatic carbocycles. The number of hydrogen-bond donors (Lipinski definition) is 1. The molecule has 0 aliphatic heterocycles. The SMILES string of the molecule is Cn1cncc1C(=O)Nc1ccc(C#N)c(-c2cccc3ccccc23)c1. The highest BCUT2D eigenvalue weighted by atomic mass is 16.1. The number of nitrogens with zero attached hydrogens (tertiary/aromatic N) is 3. The summed E-state index contributed by atoms with van der Waals surface area (Å²) in [5.74, 6) is -0.247. The van der Waals surface area contributed by atoms with Gasteiger partial charge in [0.2, 0.25) is 0 Å². The van der Waals surface area contributed by atoms with Gasteiger partial charge in [0, 0.05) is 18.3 Å². The number of nitrogens with one attached hydrogen (secondary N) is 1. The summed E-state index contributed by atoms with van der Waals surface area (Å²) in [4.78, 5) is 16.4. The molecule has 4 rings (SSSR count). The summed E-state index contributed by atoms with van der Waals surface area (Å²) < 4.78 is 1.66. The predicted molar refractivity (Wildman–Crippen MR) is 105 cm³/mol. The van der Waals surface area contributed by atoms with Crippen LogP contribution in [0.5, 0.6) is 0 Å². The van der Waals surface area contributed by atoms with Crippen LogP contribution in [0.2, 0.25) is 0 Å². The maximum absolute atomic E-state index is 12.5. The Hall–Kier alpha value is -3.91. The lowest BCUT2D eigenvalue weighted by atomic mass is 9.94. The number of rotatable bonds is 3. The maximum atomic E-state index is 12.5. The number of fused-ring (bicyclic) bond motifs is 1. The van der Waals surface area contributed by atoms with Gasteiger partial charge < -0.3 is 9.88 Å². The molecule has 1 heterocycles. The number of anilines is 1. The maximum Gasteiger partial charge on any atom is 0.273 e. The van der Waals surface area contributed by atoms with E-state index in [1.165, 1.54) is 6.20 Å². The van der Waals surface area contributed by atoms with Crippen molar-refractivity contribution in [2.75, 3.05) is 5.32 Å². The van der Waals surface area contributed by atoms with E-state index in [0.717, 1.165) is 21.9 Å². The number of aryl methyl sites for hydroxylation is 1. The molecule has 0 unspecified atom stereocenters. The van der Waals surface area contributed by atoms with Gasteiger partial charge in [0.1, 0.15) is 5.69 Å². The molecule has 0 saturated heterocycles. The fourth-order valence-electron chi connectivity index (χ4n) is 3.17. The summed E-state index contributed by atoms with van der Waals surface area (Å²) >= 11 is 0. The van der Waals surface area contributed by atoms with E-state index in [9.17, 15) is 10.1 Å². The van der Waals surface area contributed by atoms with Gasteiger partial charge in [0.25, 0.3) is 5.91 Å². The van der Waals surface area contributed by atoms with Gasteiger partial charge in [0.15, 0.2) is 0 Å². The van der Waals surface area contributed by atoms with Gasteiger partial charge >= 0.3 is 0 Å². The van der Waals surface area contributed by atoms with E-state index < -0.39 is 0 Å². The van der Waals surface area contributed by atoms with Gasteiger partial charge in [-0.15, -0.1) is 0 Å². The van der Waals surface area contributed by atoms with Crippen molar-refractivity contribution in [1.29, 1.82) is 5.26 Å². The summed E-state index contributed by atoms with van der Waals surface area (Å²) in [6.45, 7) is 0. The normalized spacial score (nSPS) is 10.5. The standard InChI is InChI=1S/C22H16N4O/c1-26-14-24-13-21(26)22(27)25-17-10-9-16(12-23)20(11-17)19-8-4-6-15-5-2-3-7-18(15)19/h2-11,13-14H,1H3,(H,25,27). The van der Waals surface area contributed by atoms with Gasteiger partial charge in [-0.2, -0.15) is 5.26 Å². The second-order valence-electron chi connectivity index (χ2n) is 6.24. The molecule has 27 heavy (non-hydrogen) atoms. The molecule has 0 saturated carbocycles. The Labute approximate surface area is 156 Å². The van der Waals surface area contributed by atoms with Gasteiger partial charge in [-0.3, -0.25) is 4.79 Å². The van der Waals surface area contributed by atoms with E-state index in [0.29, 0.717) is 16.9 Å². The van der Waals surface area contributed by atoms with E-state index in [-0.39, 0.29) is 5.91 Å². The molecule has 130 valence electrons. The number of aromatic nitrogens is 2. The van der Waals surface area contributed by atoms with E-state index in [1.807, 2.05) is 48.5 Å². The fraction of sp³-hybridized carbons (Fsp3) is 0.0455. The van der Waals surface area contributed by atoms with Gasteiger partial charge in [-0.1, -0.05) is 42.5 Å². The van der Waals surface area contributed by atoms with Crippen LogP contribution in [0.25, 0.3) is 21.9 Å². The lowest BCUT2D eigenvalue weighted by Crippen LogP contribution is -2.15. The number of imidazole rings is 1. The van der Waals surface area contributed by atoms with Crippen molar-refractivity contribution < 1.29 is 4.79 Å². The first kappa shape index (κ1) is 16.6. The molecule has 4 aromatic rings. The van der Waals surface area contributed by atoms with E-state index in [1.54, 1.807) is 30.1 Å². The van der Waals surface area contributed by atoms with Crippen LogP contribution in [0.3, 0.4) is 0 Å². The highest BCUT2D eigenvalue weighted by Crippen LogP contribution is 2.32. The molecule has 5 nitrogen and oxygen atoms in total. The Morgan fingerprint density at radius 1 is 1.07 bits per heavy atom. The number of nitriles is 1. The molecule has 0 aliphatic rings. The molecule has 0 spiro atoms. The molecule has 3 aromatic carbocycles. The molecule has 0 fully saturated rings. The van der Waals surface area contributed by atoms with Crippen LogP contribution in [-0.4, -0.2) is 15.5 Å². The number of carbonyl (C=O) groups excluding carboxylic acids is 1. The lowest BCUT2D eigenvalue weighted by Gasteiger charge is -2.12. The molecule has 0 atom stereocenters. The van der Waals surface area contributed by atoms with Crippen LogP contribution in [-0.2, 0) is 7.05 Å². The Bertz CT molecular complexity index is 1200. The molecule has 0 radical (unpaired) electrons. The van der Waals surface area contributed by atoms with E-state index >= 15 is 0 Å². The summed E-state index contributed by atoms with van der Waals surface area (Å²) in [5, 5.41) is 14.6. The van der Waals surface area contributed by atoms with Crippen LogP contribution >= 0.6 is 0 Å². The van der Waals surface area contributed by atoms with E-state index in [4.69, 9.17) is 0 Å². The first-order chi connectivity index (χ1) is 13.2. The second-order valence-corrected chi connectivity index (χ2v) is 6.24. The number of amides is 1. The smallest absolute Gasteiger partial charge is 0.273 e. The number of benzene rings is 3. The van der Waals surface area contributed by atoms with Crippen LogP contribution in [0.15, 0.2) is 73.2 Å². The third kappa shape index (κ3) is 3.05. The quantitative estimate of drug-likeness (QED) is 0.595.